The second kappa shape index (κ2) is 5.87. The van der Waals surface area contributed by atoms with E-state index >= 15 is 0 Å². The summed E-state index contributed by atoms with van der Waals surface area (Å²) in [5, 5.41) is 2.92. The minimum Gasteiger partial charge on any atom is -0.351 e. The normalized spacial score (nSPS) is 11.0. The molecule has 104 valence electrons. The number of amides is 2. The van der Waals surface area contributed by atoms with Crippen LogP contribution in [0, 0.1) is 0 Å². The highest BCUT2D eigenvalue weighted by Gasteiger charge is 2.14. The van der Waals surface area contributed by atoms with Gasteiger partial charge in [-0.15, -0.1) is 0 Å². The topological polar surface area (TPSA) is 49.4 Å². The van der Waals surface area contributed by atoms with Gasteiger partial charge in [0, 0.05) is 25.2 Å². The van der Waals surface area contributed by atoms with E-state index in [0.717, 1.165) is 11.3 Å². The Hall–Kier alpha value is -1.84. The number of hydrogen-bond donors (Lipinski definition) is 1. The van der Waals surface area contributed by atoms with Crippen molar-refractivity contribution >= 4 is 17.5 Å². The van der Waals surface area contributed by atoms with Crippen LogP contribution in [0.3, 0.4) is 0 Å². The zero-order valence-electron chi connectivity index (χ0n) is 12.3. The first kappa shape index (κ1) is 15.2. The number of nitrogens with zero attached hydrogens (tertiary/aromatic N) is 1. The molecule has 0 atom stereocenters. The average molecular weight is 262 g/mol. The highest BCUT2D eigenvalue weighted by Crippen LogP contribution is 2.14. The summed E-state index contributed by atoms with van der Waals surface area (Å²) >= 11 is 0. The average Bonchev–Trinajstić information content (AvgIpc) is 2.26. The standard InChI is InChI=1S/C15H22N2O2/c1-11(18)17(5)13-8-6-12(7-9-13)10-14(19)16-15(2,3)4/h6-9H,10H2,1-5H3,(H,16,19). The fourth-order valence-corrected chi connectivity index (χ4v) is 1.67. The van der Waals surface area contributed by atoms with Crippen LogP contribution < -0.4 is 10.2 Å². The quantitative estimate of drug-likeness (QED) is 0.907. The third-order valence-electron chi connectivity index (χ3n) is 2.68. The van der Waals surface area contributed by atoms with Crippen LogP contribution in [-0.2, 0) is 16.0 Å². The summed E-state index contributed by atoms with van der Waals surface area (Å²) in [5.41, 5.74) is 1.54. The molecule has 1 rings (SSSR count). The van der Waals surface area contributed by atoms with Gasteiger partial charge >= 0.3 is 0 Å². The molecule has 0 unspecified atom stereocenters. The van der Waals surface area contributed by atoms with E-state index in [-0.39, 0.29) is 17.4 Å². The predicted molar refractivity (Wildman–Crippen MR) is 77.1 cm³/mol. The van der Waals surface area contributed by atoms with Crippen molar-refractivity contribution < 1.29 is 9.59 Å². The van der Waals surface area contributed by atoms with Gasteiger partial charge in [-0.2, -0.15) is 0 Å². The Morgan fingerprint density at radius 2 is 1.68 bits per heavy atom. The van der Waals surface area contributed by atoms with E-state index in [1.807, 2.05) is 45.0 Å². The van der Waals surface area contributed by atoms with Gasteiger partial charge in [0.25, 0.3) is 0 Å². The molecule has 0 aromatic heterocycles. The van der Waals surface area contributed by atoms with E-state index in [0.29, 0.717) is 6.42 Å². The van der Waals surface area contributed by atoms with E-state index < -0.39 is 0 Å². The molecule has 0 fully saturated rings. The maximum absolute atomic E-state index is 11.8. The van der Waals surface area contributed by atoms with Crippen molar-refractivity contribution in [2.75, 3.05) is 11.9 Å². The molecule has 0 aliphatic carbocycles. The van der Waals surface area contributed by atoms with Crippen molar-refractivity contribution in [2.45, 2.75) is 39.7 Å². The summed E-state index contributed by atoms with van der Waals surface area (Å²) in [6, 6.07) is 7.44. The molecule has 4 nitrogen and oxygen atoms in total. The van der Waals surface area contributed by atoms with Crippen molar-refractivity contribution in [1.29, 1.82) is 0 Å². The molecule has 0 saturated carbocycles. The number of carbonyl (C=O) groups is 2. The van der Waals surface area contributed by atoms with Crippen LogP contribution in [0.25, 0.3) is 0 Å². The van der Waals surface area contributed by atoms with Crippen molar-refractivity contribution in [3.63, 3.8) is 0 Å². The van der Waals surface area contributed by atoms with Crippen LogP contribution >= 0.6 is 0 Å². The molecule has 1 aromatic rings. The molecule has 2 amide bonds. The summed E-state index contributed by atoms with van der Waals surface area (Å²) in [4.78, 5) is 24.6. The van der Waals surface area contributed by atoms with Crippen molar-refractivity contribution in [3.05, 3.63) is 29.8 Å². The fraction of sp³-hybridized carbons (Fsp3) is 0.467. The maximum atomic E-state index is 11.8. The van der Waals surface area contributed by atoms with Crippen molar-refractivity contribution in [1.82, 2.24) is 5.32 Å². The molecule has 0 radical (unpaired) electrons. The van der Waals surface area contributed by atoms with Crippen LogP contribution in [0.5, 0.6) is 0 Å². The van der Waals surface area contributed by atoms with Crippen molar-refractivity contribution in [3.8, 4) is 0 Å². The lowest BCUT2D eigenvalue weighted by Gasteiger charge is -2.20. The van der Waals surface area contributed by atoms with Gasteiger partial charge in [-0.25, -0.2) is 0 Å². The fourth-order valence-electron chi connectivity index (χ4n) is 1.67. The van der Waals surface area contributed by atoms with Gasteiger partial charge in [0.15, 0.2) is 0 Å². The Morgan fingerprint density at radius 3 is 2.11 bits per heavy atom. The summed E-state index contributed by atoms with van der Waals surface area (Å²) in [6.45, 7) is 7.38. The Kier molecular flexibility index (Phi) is 4.70. The first-order valence-corrected chi connectivity index (χ1v) is 6.33. The Bertz CT molecular complexity index is 458. The SMILES string of the molecule is CC(=O)N(C)c1ccc(CC(=O)NC(C)(C)C)cc1. The van der Waals surface area contributed by atoms with Gasteiger partial charge in [0.2, 0.25) is 11.8 Å². The van der Waals surface area contributed by atoms with E-state index in [4.69, 9.17) is 0 Å². The third-order valence-corrected chi connectivity index (χ3v) is 2.68. The minimum absolute atomic E-state index is 0.000160. The van der Waals surface area contributed by atoms with Crippen molar-refractivity contribution in [2.24, 2.45) is 0 Å². The lowest BCUT2D eigenvalue weighted by atomic mass is 10.1. The summed E-state index contributed by atoms with van der Waals surface area (Å²) < 4.78 is 0. The first-order chi connectivity index (χ1) is 8.69. The number of nitrogens with one attached hydrogen (secondary N) is 1. The number of benzene rings is 1. The number of anilines is 1. The van der Waals surface area contributed by atoms with Gasteiger partial charge in [0.1, 0.15) is 0 Å². The molecule has 0 heterocycles. The van der Waals surface area contributed by atoms with Crippen LogP contribution in [0.4, 0.5) is 5.69 Å². The lowest BCUT2D eigenvalue weighted by Crippen LogP contribution is -2.41. The molecular weight excluding hydrogens is 240 g/mol. The number of hydrogen-bond acceptors (Lipinski definition) is 2. The lowest BCUT2D eigenvalue weighted by molar-refractivity contribution is -0.121. The Labute approximate surface area is 114 Å². The van der Waals surface area contributed by atoms with Gasteiger partial charge < -0.3 is 10.2 Å². The van der Waals surface area contributed by atoms with Gasteiger partial charge in [-0.1, -0.05) is 12.1 Å². The maximum Gasteiger partial charge on any atom is 0.224 e. The molecule has 0 aliphatic heterocycles. The van der Waals surface area contributed by atoms with Crippen LogP contribution in [-0.4, -0.2) is 24.4 Å². The second-order valence-corrected chi connectivity index (χ2v) is 5.72. The van der Waals surface area contributed by atoms with Crippen LogP contribution in [0.2, 0.25) is 0 Å². The van der Waals surface area contributed by atoms with E-state index in [1.54, 1.807) is 11.9 Å². The first-order valence-electron chi connectivity index (χ1n) is 6.33. The molecule has 19 heavy (non-hydrogen) atoms. The molecule has 1 aromatic carbocycles. The Morgan fingerprint density at radius 1 is 1.16 bits per heavy atom. The zero-order valence-corrected chi connectivity index (χ0v) is 12.3. The summed E-state index contributed by atoms with van der Waals surface area (Å²) in [5.74, 6) is -0.0154. The number of carbonyl (C=O) groups excluding carboxylic acids is 2. The zero-order chi connectivity index (χ0) is 14.6. The van der Waals surface area contributed by atoms with Gasteiger partial charge in [-0.3, -0.25) is 9.59 Å². The third kappa shape index (κ3) is 5.12. The summed E-state index contributed by atoms with van der Waals surface area (Å²) in [7, 11) is 1.73. The van der Waals surface area contributed by atoms with E-state index in [9.17, 15) is 9.59 Å². The Balaban J connectivity index is 2.67. The molecular formula is C15H22N2O2. The van der Waals surface area contributed by atoms with E-state index in [2.05, 4.69) is 5.32 Å². The molecule has 0 bridgehead atoms. The monoisotopic (exact) mass is 262 g/mol. The highest BCUT2D eigenvalue weighted by atomic mass is 16.2. The van der Waals surface area contributed by atoms with Crippen LogP contribution in [0.15, 0.2) is 24.3 Å². The molecule has 4 heteroatoms. The molecule has 1 N–H and O–H groups in total. The van der Waals surface area contributed by atoms with Crippen LogP contribution in [0.1, 0.15) is 33.3 Å². The molecule has 0 spiro atoms. The number of rotatable bonds is 3. The molecule has 0 saturated heterocycles. The largest absolute Gasteiger partial charge is 0.351 e. The second-order valence-electron chi connectivity index (χ2n) is 5.72. The minimum atomic E-state index is -0.216. The van der Waals surface area contributed by atoms with Gasteiger partial charge in [-0.05, 0) is 38.5 Å². The van der Waals surface area contributed by atoms with E-state index in [1.165, 1.54) is 6.92 Å². The van der Waals surface area contributed by atoms with Gasteiger partial charge in [0.05, 0.1) is 6.42 Å². The predicted octanol–water partition coefficient (Wildman–Crippen LogP) is 2.13. The smallest absolute Gasteiger partial charge is 0.224 e. The molecule has 0 aliphatic rings. The highest BCUT2D eigenvalue weighted by molar-refractivity contribution is 5.90. The summed E-state index contributed by atoms with van der Waals surface area (Å²) in [6.07, 6.45) is 0.349.